The van der Waals surface area contributed by atoms with E-state index in [1.54, 1.807) is 30.3 Å². The molecule has 0 heterocycles. The average Bonchev–Trinajstić information content (AvgIpc) is 2.48. The van der Waals surface area contributed by atoms with Gasteiger partial charge in [-0.15, -0.1) is 0 Å². The molecule has 0 bridgehead atoms. The van der Waals surface area contributed by atoms with Gasteiger partial charge in [0.15, 0.2) is 0 Å². The van der Waals surface area contributed by atoms with Crippen molar-refractivity contribution in [2.24, 2.45) is 0 Å². The summed E-state index contributed by atoms with van der Waals surface area (Å²) in [6, 6.07) is 7.31. The molecule has 8 heteroatoms. The van der Waals surface area contributed by atoms with Crippen LogP contribution in [0.4, 0.5) is 18.0 Å². The third-order valence-electron chi connectivity index (χ3n) is 2.71. The highest BCUT2D eigenvalue weighted by molar-refractivity contribution is 5.81. The summed E-state index contributed by atoms with van der Waals surface area (Å²) in [5.74, 6) is -0.957. The normalized spacial score (nSPS) is 12.4. The van der Waals surface area contributed by atoms with Gasteiger partial charge in [-0.05, 0) is 12.0 Å². The molecular weight excluding hydrogens is 303 g/mol. The van der Waals surface area contributed by atoms with Crippen molar-refractivity contribution in [3.05, 3.63) is 35.9 Å². The predicted octanol–water partition coefficient (Wildman–Crippen LogP) is 2.80. The first-order valence-corrected chi connectivity index (χ1v) is 6.43. The quantitative estimate of drug-likeness (QED) is 0.819. The van der Waals surface area contributed by atoms with E-state index in [1.165, 1.54) is 0 Å². The Morgan fingerprint density at radius 3 is 2.41 bits per heavy atom. The van der Waals surface area contributed by atoms with Crippen molar-refractivity contribution < 1.29 is 32.2 Å². The van der Waals surface area contributed by atoms with Crippen LogP contribution in [-0.2, 0) is 20.9 Å². The number of hydrogen-bond donors (Lipinski definition) is 1. The molecule has 0 fully saturated rings. The number of alkyl halides is 3. The molecule has 1 aromatic rings. The Kier molecular flexibility index (Phi) is 6.68. The van der Waals surface area contributed by atoms with Crippen LogP contribution in [0, 0.1) is 0 Å². The summed E-state index contributed by atoms with van der Waals surface area (Å²) >= 11 is 0. The standard InChI is InChI=1S/C14H16F3NO4/c1-21-12(19)11(7-8-14(15,16)17)18-13(20)22-9-10-5-3-2-4-6-10/h2-6,11H,7-9H2,1H3,(H,18,20)/t11-/m0/s1. The number of ether oxygens (including phenoxy) is 2. The summed E-state index contributed by atoms with van der Waals surface area (Å²) in [6.07, 6.45) is -7.24. The zero-order valence-electron chi connectivity index (χ0n) is 11.9. The van der Waals surface area contributed by atoms with Gasteiger partial charge in [0.1, 0.15) is 12.6 Å². The van der Waals surface area contributed by atoms with E-state index in [1.807, 2.05) is 0 Å². The monoisotopic (exact) mass is 319 g/mol. The molecule has 1 amide bonds. The number of nitrogens with one attached hydrogen (secondary N) is 1. The van der Waals surface area contributed by atoms with Crippen LogP contribution < -0.4 is 5.32 Å². The van der Waals surface area contributed by atoms with E-state index < -0.39 is 37.1 Å². The molecule has 5 nitrogen and oxygen atoms in total. The summed E-state index contributed by atoms with van der Waals surface area (Å²) in [6.45, 7) is -0.0557. The van der Waals surface area contributed by atoms with E-state index in [4.69, 9.17) is 4.74 Å². The van der Waals surface area contributed by atoms with Crippen molar-refractivity contribution in [1.29, 1.82) is 0 Å². The number of benzene rings is 1. The maximum atomic E-state index is 12.2. The molecule has 0 radical (unpaired) electrons. The first-order valence-electron chi connectivity index (χ1n) is 6.43. The molecular formula is C14H16F3NO4. The van der Waals surface area contributed by atoms with Crippen LogP contribution in [0.5, 0.6) is 0 Å². The summed E-state index contributed by atoms with van der Waals surface area (Å²) < 4.78 is 45.8. The fraction of sp³-hybridized carbons (Fsp3) is 0.429. The Bertz CT molecular complexity index is 491. The molecule has 0 saturated carbocycles. The van der Waals surface area contributed by atoms with Crippen molar-refractivity contribution in [3.8, 4) is 0 Å². The fourth-order valence-electron chi connectivity index (χ4n) is 1.61. The van der Waals surface area contributed by atoms with Crippen LogP contribution >= 0.6 is 0 Å². The number of rotatable bonds is 6. The molecule has 1 rings (SSSR count). The molecule has 0 saturated heterocycles. The third kappa shape index (κ3) is 6.96. The molecule has 0 aliphatic carbocycles. The number of amides is 1. The predicted molar refractivity (Wildman–Crippen MR) is 70.9 cm³/mol. The number of alkyl carbamates (subject to hydrolysis) is 1. The molecule has 0 unspecified atom stereocenters. The second-order valence-corrected chi connectivity index (χ2v) is 4.44. The fourth-order valence-corrected chi connectivity index (χ4v) is 1.61. The summed E-state index contributed by atoms with van der Waals surface area (Å²) in [4.78, 5) is 22.9. The van der Waals surface area contributed by atoms with Gasteiger partial charge < -0.3 is 14.8 Å². The lowest BCUT2D eigenvalue weighted by Gasteiger charge is -2.17. The lowest BCUT2D eigenvalue weighted by molar-refractivity contribution is -0.148. The van der Waals surface area contributed by atoms with Gasteiger partial charge in [-0.2, -0.15) is 13.2 Å². The van der Waals surface area contributed by atoms with E-state index in [0.717, 1.165) is 7.11 Å². The van der Waals surface area contributed by atoms with E-state index in [-0.39, 0.29) is 6.61 Å². The Balaban J connectivity index is 2.50. The van der Waals surface area contributed by atoms with E-state index in [2.05, 4.69) is 10.1 Å². The number of methoxy groups -OCH3 is 1. The number of esters is 1. The second-order valence-electron chi connectivity index (χ2n) is 4.44. The SMILES string of the molecule is COC(=O)[C@H](CCC(F)(F)F)NC(=O)OCc1ccccc1. The number of halogens is 3. The van der Waals surface area contributed by atoms with Crippen LogP contribution in [0.3, 0.4) is 0 Å². The van der Waals surface area contributed by atoms with Crippen LogP contribution in [0.25, 0.3) is 0 Å². The van der Waals surface area contributed by atoms with Gasteiger partial charge in [-0.3, -0.25) is 0 Å². The summed E-state index contributed by atoms with van der Waals surface area (Å²) in [7, 11) is 1.03. The van der Waals surface area contributed by atoms with Crippen molar-refractivity contribution in [3.63, 3.8) is 0 Å². The first kappa shape index (κ1) is 17.8. The van der Waals surface area contributed by atoms with Gasteiger partial charge in [0, 0.05) is 6.42 Å². The van der Waals surface area contributed by atoms with Crippen molar-refractivity contribution in [2.75, 3.05) is 7.11 Å². The number of carbonyl (C=O) groups is 2. The second kappa shape index (κ2) is 8.26. The minimum Gasteiger partial charge on any atom is -0.467 e. The Morgan fingerprint density at radius 1 is 1.23 bits per heavy atom. The molecule has 0 spiro atoms. The third-order valence-corrected chi connectivity index (χ3v) is 2.71. The average molecular weight is 319 g/mol. The molecule has 122 valence electrons. The van der Waals surface area contributed by atoms with Crippen molar-refractivity contribution in [1.82, 2.24) is 5.32 Å². The van der Waals surface area contributed by atoms with E-state index in [9.17, 15) is 22.8 Å². The van der Waals surface area contributed by atoms with Gasteiger partial charge in [0.25, 0.3) is 0 Å². The molecule has 1 atom stereocenters. The molecule has 0 aliphatic rings. The first-order chi connectivity index (χ1) is 10.3. The van der Waals surface area contributed by atoms with Crippen molar-refractivity contribution >= 4 is 12.1 Å². The summed E-state index contributed by atoms with van der Waals surface area (Å²) in [5, 5.41) is 2.07. The highest BCUT2D eigenvalue weighted by atomic mass is 19.4. The highest BCUT2D eigenvalue weighted by Gasteiger charge is 2.31. The van der Waals surface area contributed by atoms with E-state index in [0.29, 0.717) is 5.56 Å². The Hall–Kier alpha value is -2.25. The van der Waals surface area contributed by atoms with Gasteiger partial charge in [0.05, 0.1) is 7.11 Å². The number of hydrogen-bond acceptors (Lipinski definition) is 4. The van der Waals surface area contributed by atoms with Crippen LogP contribution in [0.1, 0.15) is 18.4 Å². The van der Waals surface area contributed by atoms with Gasteiger partial charge in [0.2, 0.25) is 0 Å². The molecule has 22 heavy (non-hydrogen) atoms. The van der Waals surface area contributed by atoms with Crippen molar-refractivity contribution in [2.45, 2.75) is 31.7 Å². The van der Waals surface area contributed by atoms with Crippen LogP contribution in [-0.4, -0.2) is 31.4 Å². The highest BCUT2D eigenvalue weighted by Crippen LogP contribution is 2.22. The largest absolute Gasteiger partial charge is 0.467 e. The zero-order chi connectivity index (χ0) is 16.6. The molecule has 0 aliphatic heterocycles. The maximum absolute atomic E-state index is 12.2. The molecule has 0 aromatic heterocycles. The number of carbonyl (C=O) groups excluding carboxylic acids is 2. The Morgan fingerprint density at radius 2 is 1.86 bits per heavy atom. The van der Waals surface area contributed by atoms with E-state index >= 15 is 0 Å². The molecule has 1 aromatic carbocycles. The van der Waals surface area contributed by atoms with Gasteiger partial charge in [-0.25, -0.2) is 9.59 Å². The molecule has 1 N–H and O–H groups in total. The minimum atomic E-state index is -4.43. The van der Waals surface area contributed by atoms with Gasteiger partial charge in [-0.1, -0.05) is 30.3 Å². The minimum absolute atomic E-state index is 0.0557. The topological polar surface area (TPSA) is 64.6 Å². The lowest BCUT2D eigenvalue weighted by atomic mass is 10.1. The Labute approximate surface area is 125 Å². The maximum Gasteiger partial charge on any atom is 0.408 e. The van der Waals surface area contributed by atoms with Crippen LogP contribution in [0.2, 0.25) is 0 Å². The van der Waals surface area contributed by atoms with Crippen LogP contribution in [0.15, 0.2) is 30.3 Å². The zero-order valence-corrected chi connectivity index (χ0v) is 11.9. The summed E-state index contributed by atoms with van der Waals surface area (Å²) in [5.41, 5.74) is 0.711. The van der Waals surface area contributed by atoms with Gasteiger partial charge >= 0.3 is 18.2 Å². The smallest absolute Gasteiger partial charge is 0.408 e. The lowest BCUT2D eigenvalue weighted by Crippen LogP contribution is -2.42.